The molecule has 0 radical (unpaired) electrons. The van der Waals surface area contributed by atoms with Gasteiger partial charge in [-0.3, -0.25) is 4.79 Å². The highest BCUT2D eigenvalue weighted by atomic mass is 19.1. The number of halogens is 1. The van der Waals surface area contributed by atoms with Crippen molar-refractivity contribution in [2.45, 2.75) is 6.42 Å². The van der Waals surface area contributed by atoms with Gasteiger partial charge in [-0.1, -0.05) is 24.3 Å². The summed E-state index contributed by atoms with van der Waals surface area (Å²) in [6, 6.07) is 11.4. The van der Waals surface area contributed by atoms with E-state index in [1.807, 2.05) is 6.07 Å². The van der Waals surface area contributed by atoms with Gasteiger partial charge in [0.15, 0.2) is 0 Å². The number of hydrogen-bond donors (Lipinski definition) is 1. The number of isocyanates is 1. The zero-order valence-corrected chi connectivity index (χ0v) is 11.3. The number of nitrogens with zero attached hydrogens (tertiary/aromatic N) is 2. The van der Waals surface area contributed by atoms with Crippen LogP contribution in [0.4, 0.5) is 10.1 Å². The predicted molar refractivity (Wildman–Crippen MR) is 79.4 cm³/mol. The molecule has 0 saturated carbocycles. The Kier molecular flexibility index (Phi) is 3.60. The third kappa shape index (κ3) is 2.55. The van der Waals surface area contributed by atoms with E-state index in [-0.39, 0.29) is 11.2 Å². The number of H-pyrrole nitrogens is 1. The van der Waals surface area contributed by atoms with E-state index in [1.165, 1.54) is 18.2 Å². The van der Waals surface area contributed by atoms with Crippen molar-refractivity contribution >= 4 is 22.5 Å². The van der Waals surface area contributed by atoms with E-state index < -0.39 is 5.82 Å². The van der Waals surface area contributed by atoms with Gasteiger partial charge in [0, 0.05) is 11.8 Å². The highest BCUT2D eigenvalue weighted by Gasteiger charge is 2.09. The van der Waals surface area contributed by atoms with E-state index in [0.29, 0.717) is 17.5 Å². The zero-order chi connectivity index (χ0) is 15.5. The molecule has 0 fully saturated rings. The maximum atomic E-state index is 13.5. The van der Waals surface area contributed by atoms with Gasteiger partial charge in [-0.2, -0.15) is 10.1 Å². The smallest absolute Gasteiger partial charge is 0.267 e. The van der Waals surface area contributed by atoms with Crippen LogP contribution in [0, 0.1) is 5.82 Å². The minimum absolute atomic E-state index is 0.0683. The lowest BCUT2D eigenvalue weighted by molar-refractivity contribution is 0.564. The Balaban J connectivity index is 2.07. The lowest BCUT2D eigenvalue weighted by Crippen LogP contribution is -2.11. The maximum absolute atomic E-state index is 13.5. The van der Waals surface area contributed by atoms with Crippen LogP contribution < -0.4 is 5.56 Å². The van der Waals surface area contributed by atoms with Crippen LogP contribution in [-0.4, -0.2) is 16.3 Å². The third-order valence-corrected chi connectivity index (χ3v) is 3.32. The molecule has 0 spiro atoms. The fourth-order valence-corrected chi connectivity index (χ4v) is 2.30. The van der Waals surface area contributed by atoms with Crippen molar-refractivity contribution in [3.05, 3.63) is 69.9 Å². The second kappa shape index (κ2) is 5.71. The van der Waals surface area contributed by atoms with Crippen LogP contribution in [0.15, 0.2) is 52.3 Å². The van der Waals surface area contributed by atoms with Crippen LogP contribution in [0.2, 0.25) is 0 Å². The third-order valence-electron chi connectivity index (χ3n) is 3.32. The number of fused-ring (bicyclic) bond motifs is 1. The van der Waals surface area contributed by atoms with E-state index in [2.05, 4.69) is 15.2 Å². The highest BCUT2D eigenvalue weighted by Crippen LogP contribution is 2.22. The molecule has 0 amide bonds. The molecule has 0 aliphatic heterocycles. The molecule has 0 bridgehead atoms. The van der Waals surface area contributed by atoms with Gasteiger partial charge in [0.2, 0.25) is 6.08 Å². The summed E-state index contributed by atoms with van der Waals surface area (Å²) in [6.07, 6.45) is 1.70. The van der Waals surface area contributed by atoms with E-state index in [4.69, 9.17) is 0 Å². The SMILES string of the molecule is O=C=Nc1cc(Cc2n[nH]c(=O)c3ccccc23)ccc1F. The van der Waals surface area contributed by atoms with Crippen LogP contribution in [0.1, 0.15) is 11.3 Å². The second-order valence-corrected chi connectivity index (χ2v) is 4.71. The monoisotopic (exact) mass is 295 g/mol. The molecule has 5 nitrogen and oxygen atoms in total. The minimum Gasteiger partial charge on any atom is -0.267 e. The molecule has 2 aromatic carbocycles. The lowest BCUT2D eigenvalue weighted by atomic mass is 10.0. The van der Waals surface area contributed by atoms with Crippen LogP contribution >= 0.6 is 0 Å². The first-order chi connectivity index (χ1) is 10.7. The Morgan fingerprint density at radius 3 is 2.73 bits per heavy atom. The molecule has 0 saturated heterocycles. The molecule has 1 heterocycles. The molecule has 1 N–H and O–H groups in total. The van der Waals surface area contributed by atoms with Crippen molar-refractivity contribution < 1.29 is 9.18 Å². The summed E-state index contributed by atoms with van der Waals surface area (Å²) < 4.78 is 13.5. The first-order valence-electron chi connectivity index (χ1n) is 6.51. The summed E-state index contributed by atoms with van der Waals surface area (Å²) in [7, 11) is 0. The van der Waals surface area contributed by atoms with E-state index in [9.17, 15) is 14.0 Å². The molecule has 0 aliphatic carbocycles. The molecule has 22 heavy (non-hydrogen) atoms. The summed E-state index contributed by atoms with van der Waals surface area (Å²) in [5, 5.41) is 7.78. The number of nitrogens with one attached hydrogen (secondary N) is 1. The fourth-order valence-electron chi connectivity index (χ4n) is 2.30. The van der Waals surface area contributed by atoms with Crippen molar-refractivity contribution in [1.29, 1.82) is 0 Å². The number of carbonyl (C=O) groups excluding carboxylic acids is 1. The molecule has 0 unspecified atom stereocenters. The minimum atomic E-state index is -0.591. The number of hydrogen-bond acceptors (Lipinski definition) is 4. The zero-order valence-electron chi connectivity index (χ0n) is 11.3. The topological polar surface area (TPSA) is 75.2 Å². The highest BCUT2D eigenvalue weighted by molar-refractivity contribution is 5.83. The Hall–Kier alpha value is -3.11. The van der Waals surface area contributed by atoms with Gasteiger partial charge < -0.3 is 0 Å². The van der Waals surface area contributed by atoms with E-state index >= 15 is 0 Å². The molecule has 1 aromatic heterocycles. The number of aromatic amines is 1. The first kappa shape index (κ1) is 13.9. The maximum Gasteiger partial charge on any atom is 0.272 e. The molecular weight excluding hydrogens is 285 g/mol. The molecule has 108 valence electrons. The number of aromatic nitrogens is 2. The summed E-state index contributed by atoms with van der Waals surface area (Å²) in [6.45, 7) is 0. The molecule has 3 aromatic rings. The van der Waals surface area contributed by atoms with Crippen molar-refractivity contribution in [2.75, 3.05) is 0 Å². The molecule has 0 aliphatic rings. The van der Waals surface area contributed by atoms with Crippen LogP contribution in [-0.2, 0) is 11.2 Å². The predicted octanol–water partition coefficient (Wildman–Crippen LogP) is 2.62. The molecule has 3 rings (SSSR count). The fraction of sp³-hybridized carbons (Fsp3) is 0.0625. The molecule has 6 heteroatoms. The summed E-state index contributed by atoms with van der Waals surface area (Å²) >= 11 is 0. The quantitative estimate of drug-likeness (QED) is 0.596. The van der Waals surface area contributed by atoms with Crippen molar-refractivity contribution in [1.82, 2.24) is 10.2 Å². The average Bonchev–Trinajstić information content (AvgIpc) is 2.54. The van der Waals surface area contributed by atoms with E-state index in [1.54, 1.807) is 24.3 Å². The standard InChI is InChI=1S/C16H10FN3O2/c17-13-6-5-10(8-15(13)18-9-21)7-14-11-3-1-2-4-12(11)16(22)20-19-14/h1-6,8H,7H2,(H,20,22). The largest absolute Gasteiger partial charge is 0.272 e. The summed E-state index contributed by atoms with van der Waals surface area (Å²) in [5.41, 5.74) is 1.05. The van der Waals surface area contributed by atoms with Gasteiger partial charge in [-0.25, -0.2) is 14.3 Å². The van der Waals surface area contributed by atoms with Crippen molar-refractivity contribution in [3.8, 4) is 0 Å². The number of benzene rings is 2. The van der Waals surface area contributed by atoms with Crippen molar-refractivity contribution in [3.63, 3.8) is 0 Å². The van der Waals surface area contributed by atoms with Gasteiger partial charge in [-0.15, -0.1) is 0 Å². The van der Waals surface area contributed by atoms with Crippen LogP contribution in [0.3, 0.4) is 0 Å². The Bertz CT molecular complexity index is 959. The van der Waals surface area contributed by atoms with Gasteiger partial charge >= 0.3 is 0 Å². The number of rotatable bonds is 3. The van der Waals surface area contributed by atoms with E-state index in [0.717, 1.165) is 10.9 Å². The van der Waals surface area contributed by atoms with Crippen LogP contribution in [0.25, 0.3) is 10.8 Å². The molecular formula is C16H10FN3O2. The van der Waals surface area contributed by atoms with Gasteiger partial charge in [0.05, 0.1) is 11.1 Å². The Labute approximate surface area is 124 Å². The lowest BCUT2D eigenvalue weighted by Gasteiger charge is -2.06. The Morgan fingerprint density at radius 1 is 1.18 bits per heavy atom. The molecule has 0 atom stereocenters. The number of aliphatic imine (C=N–C) groups is 1. The summed E-state index contributed by atoms with van der Waals surface area (Å²) in [4.78, 5) is 25.4. The normalized spacial score (nSPS) is 10.4. The first-order valence-corrected chi connectivity index (χ1v) is 6.51. The second-order valence-electron chi connectivity index (χ2n) is 4.71. The Morgan fingerprint density at radius 2 is 1.95 bits per heavy atom. The van der Waals surface area contributed by atoms with Gasteiger partial charge in [-0.05, 0) is 23.8 Å². The average molecular weight is 295 g/mol. The van der Waals surface area contributed by atoms with Gasteiger partial charge in [0.25, 0.3) is 5.56 Å². The van der Waals surface area contributed by atoms with Crippen molar-refractivity contribution in [2.24, 2.45) is 4.99 Å². The van der Waals surface area contributed by atoms with Crippen LogP contribution in [0.5, 0.6) is 0 Å². The van der Waals surface area contributed by atoms with Gasteiger partial charge in [0.1, 0.15) is 11.5 Å². The summed E-state index contributed by atoms with van der Waals surface area (Å²) in [5.74, 6) is -0.591.